The molecule has 0 aromatic rings. The molecule has 0 aromatic heterocycles. The Morgan fingerprint density at radius 2 is 1.38 bits per heavy atom. The van der Waals surface area contributed by atoms with Gasteiger partial charge in [-0.15, -0.1) is 0 Å². The van der Waals surface area contributed by atoms with Gasteiger partial charge in [-0.05, 0) is 60.8 Å². The Bertz CT molecular complexity index is 235. The standard InChI is InChI=1S/C10H18.C6H12/c1-5-10(4)8-6-7-9(2)3;1-4-6(3)5-2/h5,7H,6,8H2,1-4H3;4H,5H2,1-3H3/b10-5+;6-4+. The second kappa shape index (κ2) is 12.3. The minimum absolute atomic E-state index is 1.19. The van der Waals surface area contributed by atoms with Crippen molar-refractivity contribution in [2.75, 3.05) is 0 Å². The molecule has 0 heterocycles. The van der Waals surface area contributed by atoms with E-state index in [1.807, 2.05) is 0 Å². The Balaban J connectivity index is 0. The third-order valence-electron chi connectivity index (χ3n) is 2.63. The first-order valence-corrected chi connectivity index (χ1v) is 6.34. The molecule has 0 aliphatic rings. The predicted molar refractivity (Wildman–Crippen MR) is 77.8 cm³/mol. The number of hydrogen-bond acceptors (Lipinski definition) is 0. The summed E-state index contributed by atoms with van der Waals surface area (Å²) in [5, 5.41) is 0. The molecule has 0 nitrogen and oxygen atoms in total. The van der Waals surface area contributed by atoms with Crippen molar-refractivity contribution in [3.63, 3.8) is 0 Å². The van der Waals surface area contributed by atoms with Gasteiger partial charge in [-0.3, -0.25) is 0 Å². The molecule has 0 unspecified atom stereocenters. The van der Waals surface area contributed by atoms with Crippen LogP contribution in [0.4, 0.5) is 0 Å². The first-order valence-electron chi connectivity index (χ1n) is 6.34. The van der Waals surface area contributed by atoms with Crippen LogP contribution in [0, 0.1) is 0 Å². The van der Waals surface area contributed by atoms with E-state index >= 15 is 0 Å². The topological polar surface area (TPSA) is 0 Å². The monoisotopic (exact) mass is 222 g/mol. The van der Waals surface area contributed by atoms with Gasteiger partial charge in [-0.1, -0.05) is 41.9 Å². The molecule has 0 aromatic carbocycles. The van der Waals surface area contributed by atoms with Gasteiger partial charge in [0.15, 0.2) is 0 Å². The highest BCUT2D eigenvalue weighted by atomic mass is 13.9. The summed E-state index contributed by atoms with van der Waals surface area (Å²) in [6, 6.07) is 0. The summed E-state index contributed by atoms with van der Waals surface area (Å²) < 4.78 is 0. The molecule has 0 bridgehead atoms. The smallest absolute Gasteiger partial charge is 0.0288 e. The lowest BCUT2D eigenvalue weighted by molar-refractivity contribution is 0.964. The maximum absolute atomic E-state index is 2.28. The second-order valence-electron chi connectivity index (χ2n) is 4.44. The van der Waals surface area contributed by atoms with Crippen LogP contribution in [-0.4, -0.2) is 0 Å². The number of allylic oxidation sites excluding steroid dienone is 6. The molecule has 0 amide bonds. The average Bonchev–Trinajstić information content (AvgIpc) is 2.28. The third-order valence-corrected chi connectivity index (χ3v) is 2.63. The van der Waals surface area contributed by atoms with E-state index < -0.39 is 0 Å². The minimum atomic E-state index is 1.19. The third kappa shape index (κ3) is 15.7. The van der Waals surface area contributed by atoms with Gasteiger partial charge in [-0.25, -0.2) is 0 Å². The van der Waals surface area contributed by atoms with Gasteiger partial charge in [-0.2, -0.15) is 0 Å². The summed E-state index contributed by atoms with van der Waals surface area (Å²) in [6.45, 7) is 14.9. The van der Waals surface area contributed by atoms with Crippen molar-refractivity contribution in [1.29, 1.82) is 0 Å². The molecule has 0 fully saturated rings. The molecular weight excluding hydrogens is 192 g/mol. The Morgan fingerprint density at radius 1 is 0.875 bits per heavy atom. The molecule has 0 saturated carbocycles. The lowest BCUT2D eigenvalue weighted by atomic mass is 10.1. The quantitative estimate of drug-likeness (QED) is 0.507. The Morgan fingerprint density at radius 3 is 1.62 bits per heavy atom. The normalized spacial score (nSPS) is 11.7. The first-order chi connectivity index (χ1) is 7.47. The Labute approximate surface area is 103 Å². The van der Waals surface area contributed by atoms with Crippen molar-refractivity contribution in [2.45, 2.75) is 67.7 Å². The molecule has 16 heavy (non-hydrogen) atoms. The fourth-order valence-corrected chi connectivity index (χ4v) is 0.937. The van der Waals surface area contributed by atoms with Gasteiger partial charge in [0, 0.05) is 0 Å². The van der Waals surface area contributed by atoms with E-state index in [-0.39, 0.29) is 0 Å². The summed E-state index contributed by atoms with van der Waals surface area (Å²) >= 11 is 0. The summed E-state index contributed by atoms with van der Waals surface area (Å²) in [6.07, 6.45) is 10.2. The fraction of sp³-hybridized carbons (Fsp3) is 0.625. The zero-order chi connectivity index (χ0) is 13.0. The fourth-order valence-electron chi connectivity index (χ4n) is 0.937. The molecule has 0 saturated heterocycles. The molecule has 0 radical (unpaired) electrons. The van der Waals surface area contributed by atoms with Crippen molar-refractivity contribution >= 4 is 0 Å². The van der Waals surface area contributed by atoms with E-state index in [1.54, 1.807) is 0 Å². The van der Waals surface area contributed by atoms with Crippen molar-refractivity contribution in [3.8, 4) is 0 Å². The highest BCUT2D eigenvalue weighted by Crippen LogP contribution is 2.05. The summed E-state index contributed by atoms with van der Waals surface area (Å²) in [5.74, 6) is 0. The summed E-state index contributed by atoms with van der Waals surface area (Å²) in [5.41, 5.74) is 4.37. The maximum atomic E-state index is 2.28. The van der Waals surface area contributed by atoms with E-state index in [1.165, 1.54) is 36.0 Å². The minimum Gasteiger partial charge on any atom is -0.0887 e. The molecule has 0 rings (SSSR count). The van der Waals surface area contributed by atoms with Crippen molar-refractivity contribution in [1.82, 2.24) is 0 Å². The van der Waals surface area contributed by atoms with Crippen LogP contribution in [0.3, 0.4) is 0 Å². The van der Waals surface area contributed by atoms with Crippen LogP contribution in [0.5, 0.6) is 0 Å². The Kier molecular flexibility index (Phi) is 13.5. The van der Waals surface area contributed by atoms with Crippen LogP contribution >= 0.6 is 0 Å². The Hall–Kier alpha value is -0.780. The number of hydrogen-bond donors (Lipinski definition) is 0. The lowest BCUT2D eigenvalue weighted by Gasteiger charge is -1.95. The van der Waals surface area contributed by atoms with Crippen LogP contribution in [0.15, 0.2) is 34.9 Å². The highest BCUT2D eigenvalue weighted by molar-refractivity contribution is 5.00. The molecule has 0 N–H and O–H groups in total. The SMILES string of the molecule is C/C=C(\C)CC.C/C=C(\C)CCC=C(C)C. The van der Waals surface area contributed by atoms with E-state index in [4.69, 9.17) is 0 Å². The van der Waals surface area contributed by atoms with Gasteiger partial charge >= 0.3 is 0 Å². The van der Waals surface area contributed by atoms with Gasteiger partial charge in [0.2, 0.25) is 0 Å². The van der Waals surface area contributed by atoms with Gasteiger partial charge in [0.25, 0.3) is 0 Å². The van der Waals surface area contributed by atoms with Gasteiger partial charge < -0.3 is 0 Å². The van der Waals surface area contributed by atoms with Crippen LogP contribution in [0.1, 0.15) is 67.7 Å². The summed E-state index contributed by atoms with van der Waals surface area (Å²) in [7, 11) is 0. The number of rotatable bonds is 4. The maximum Gasteiger partial charge on any atom is -0.0288 e. The van der Waals surface area contributed by atoms with E-state index in [2.05, 4.69) is 66.7 Å². The summed E-state index contributed by atoms with van der Waals surface area (Å²) in [4.78, 5) is 0. The molecule has 0 atom stereocenters. The van der Waals surface area contributed by atoms with Crippen molar-refractivity contribution in [2.24, 2.45) is 0 Å². The van der Waals surface area contributed by atoms with E-state index in [9.17, 15) is 0 Å². The molecule has 94 valence electrons. The first kappa shape index (κ1) is 17.6. The molecule has 0 spiro atoms. The van der Waals surface area contributed by atoms with Crippen LogP contribution < -0.4 is 0 Å². The van der Waals surface area contributed by atoms with Crippen molar-refractivity contribution in [3.05, 3.63) is 34.9 Å². The largest absolute Gasteiger partial charge is 0.0887 e. The molecular formula is C16H30. The lowest BCUT2D eigenvalue weighted by Crippen LogP contribution is -1.74. The molecule has 0 heteroatoms. The van der Waals surface area contributed by atoms with Gasteiger partial charge in [0.05, 0.1) is 0 Å². The zero-order valence-corrected chi connectivity index (χ0v) is 12.4. The molecule has 0 aliphatic heterocycles. The van der Waals surface area contributed by atoms with E-state index in [0.717, 1.165) is 0 Å². The van der Waals surface area contributed by atoms with Crippen molar-refractivity contribution < 1.29 is 0 Å². The zero-order valence-electron chi connectivity index (χ0n) is 12.4. The van der Waals surface area contributed by atoms with Crippen LogP contribution in [0.25, 0.3) is 0 Å². The van der Waals surface area contributed by atoms with Gasteiger partial charge in [0.1, 0.15) is 0 Å². The molecule has 0 aliphatic carbocycles. The van der Waals surface area contributed by atoms with Crippen LogP contribution in [0.2, 0.25) is 0 Å². The predicted octanol–water partition coefficient (Wildman–Crippen LogP) is 6.06. The van der Waals surface area contributed by atoms with E-state index in [0.29, 0.717) is 0 Å². The average molecular weight is 222 g/mol. The highest BCUT2D eigenvalue weighted by Gasteiger charge is 1.84. The second-order valence-corrected chi connectivity index (χ2v) is 4.44. The van der Waals surface area contributed by atoms with Crippen LogP contribution in [-0.2, 0) is 0 Å².